The van der Waals surface area contributed by atoms with E-state index in [0.717, 1.165) is 5.56 Å². The van der Waals surface area contributed by atoms with Crippen LogP contribution in [0.15, 0.2) is 22.6 Å². The van der Waals surface area contributed by atoms with Crippen LogP contribution >= 0.6 is 0 Å². The van der Waals surface area contributed by atoms with Crippen LogP contribution in [0.1, 0.15) is 23.2 Å². The lowest BCUT2D eigenvalue weighted by Gasteiger charge is -1.93. The average Bonchev–Trinajstić information content (AvgIpc) is 2.63. The van der Waals surface area contributed by atoms with E-state index < -0.39 is 0 Å². The van der Waals surface area contributed by atoms with Gasteiger partial charge in [0.15, 0.2) is 5.58 Å². The second kappa shape index (κ2) is 3.54. The number of hydrogen-bond acceptors (Lipinski definition) is 4. The standard InChI is InChI=1S/C11H8N2O2/c1-7(14)11-13-9-4-2-3-8(5-6-12)10(9)15-11/h2-4H,5H2,1H3. The fraction of sp³-hybridized carbons (Fsp3) is 0.182. The van der Waals surface area contributed by atoms with E-state index >= 15 is 0 Å². The minimum Gasteiger partial charge on any atom is -0.433 e. The molecule has 2 aromatic rings. The van der Waals surface area contributed by atoms with E-state index in [0.29, 0.717) is 11.1 Å². The summed E-state index contributed by atoms with van der Waals surface area (Å²) in [6, 6.07) is 7.38. The number of nitrogens with zero attached hydrogens (tertiary/aromatic N) is 2. The molecule has 1 aromatic heterocycles. The van der Waals surface area contributed by atoms with E-state index in [9.17, 15) is 4.79 Å². The minimum absolute atomic E-state index is 0.0930. The third-order valence-corrected chi connectivity index (χ3v) is 2.07. The van der Waals surface area contributed by atoms with E-state index in [1.807, 2.05) is 6.07 Å². The summed E-state index contributed by atoms with van der Waals surface area (Å²) >= 11 is 0. The van der Waals surface area contributed by atoms with Gasteiger partial charge < -0.3 is 4.42 Å². The number of Topliss-reactive ketones (excluding diaryl/α,β-unsaturated/α-hetero) is 1. The Hall–Kier alpha value is -2.15. The van der Waals surface area contributed by atoms with Crippen molar-refractivity contribution in [3.8, 4) is 6.07 Å². The second-order valence-corrected chi connectivity index (χ2v) is 3.18. The van der Waals surface area contributed by atoms with E-state index in [2.05, 4.69) is 4.98 Å². The number of oxazole rings is 1. The van der Waals surface area contributed by atoms with Crippen molar-refractivity contribution < 1.29 is 9.21 Å². The zero-order valence-electron chi connectivity index (χ0n) is 8.15. The van der Waals surface area contributed by atoms with Crippen molar-refractivity contribution in [3.05, 3.63) is 29.7 Å². The van der Waals surface area contributed by atoms with E-state index in [1.165, 1.54) is 6.92 Å². The molecule has 0 aliphatic heterocycles. The number of para-hydroxylation sites is 1. The maximum atomic E-state index is 11.1. The molecule has 0 atom stereocenters. The van der Waals surface area contributed by atoms with Crippen LogP contribution in [0.5, 0.6) is 0 Å². The van der Waals surface area contributed by atoms with Gasteiger partial charge in [0.05, 0.1) is 12.5 Å². The number of ketones is 1. The fourth-order valence-electron chi connectivity index (χ4n) is 1.38. The van der Waals surface area contributed by atoms with Crippen LogP contribution in [0.2, 0.25) is 0 Å². The van der Waals surface area contributed by atoms with Crippen molar-refractivity contribution in [1.29, 1.82) is 5.26 Å². The Bertz CT molecular complexity index is 563. The molecule has 15 heavy (non-hydrogen) atoms. The lowest BCUT2D eigenvalue weighted by atomic mass is 10.1. The van der Waals surface area contributed by atoms with Crippen LogP contribution in [0.4, 0.5) is 0 Å². The zero-order valence-corrected chi connectivity index (χ0v) is 8.15. The quantitative estimate of drug-likeness (QED) is 0.696. The zero-order chi connectivity index (χ0) is 10.8. The van der Waals surface area contributed by atoms with Crippen molar-refractivity contribution in [2.45, 2.75) is 13.3 Å². The Morgan fingerprint density at radius 2 is 2.40 bits per heavy atom. The Morgan fingerprint density at radius 3 is 3.07 bits per heavy atom. The van der Waals surface area contributed by atoms with Crippen molar-refractivity contribution in [3.63, 3.8) is 0 Å². The first-order valence-electron chi connectivity index (χ1n) is 4.48. The van der Waals surface area contributed by atoms with Crippen molar-refractivity contribution in [2.75, 3.05) is 0 Å². The number of fused-ring (bicyclic) bond motifs is 1. The Morgan fingerprint density at radius 1 is 1.60 bits per heavy atom. The maximum absolute atomic E-state index is 11.1. The predicted octanol–water partition coefficient (Wildman–Crippen LogP) is 2.10. The van der Waals surface area contributed by atoms with Gasteiger partial charge in [0.1, 0.15) is 5.52 Å². The summed E-state index contributed by atoms with van der Waals surface area (Å²) in [7, 11) is 0. The smallest absolute Gasteiger partial charge is 0.263 e. The highest BCUT2D eigenvalue weighted by Crippen LogP contribution is 2.20. The number of rotatable bonds is 2. The third kappa shape index (κ3) is 1.59. The molecule has 0 amide bonds. The number of aromatic nitrogens is 1. The molecular formula is C11H8N2O2. The molecule has 0 N–H and O–H groups in total. The summed E-state index contributed by atoms with van der Waals surface area (Å²) in [5.41, 5.74) is 1.91. The third-order valence-electron chi connectivity index (χ3n) is 2.07. The molecule has 0 fully saturated rings. The van der Waals surface area contributed by atoms with Crippen molar-refractivity contribution >= 4 is 16.9 Å². The van der Waals surface area contributed by atoms with Crippen LogP contribution in [0.3, 0.4) is 0 Å². The van der Waals surface area contributed by atoms with Crippen LogP contribution in [-0.4, -0.2) is 10.8 Å². The summed E-state index contributed by atoms with van der Waals surface area (Å²) in [4.78, 5) is 15.1. The van der Waals surface area contributed by atoms with Gasteiger partial charge >= 0.3 is 0 Å². The molecule has 0 aliphatic rings. The van der Waals surface area contributed by atoms with Gasteiger partial charge in [-0.15, -0.1) is 0 Å². The molecule has 0 aliphatic carbocycles. The molecule has 4 heteroatoms. The maximum Gasteiger partial charge on any atom is 0.263 e. The minimum atomic E-state index is -0.214. The van der Waals surface area contributed by atoms with Crippen molar-refractivity contribution in [1.82, 2.24) is 4.98 Å². The molecule has 0 bridgehead atoms. The highest BCUT2D eigenvalue weighted by Gasteiger charge is 2.12. The molecule has 0 spiro atoms. The molecule has 0 saturated heterocycles. The lowest BCUT2D eigenvalue weighted by Crippen LogP contribution is -1.89. The van der Waals surface area contributed by atoms with Gasteiger partial charge in [-0.3, -0.25) is 4.79 Å². The van der Waals surface area contributed by atoms with Crippen LogP contribution in [0.25, 0.3) is 11.1 Å². The number of nitriles is 1. The van der Waals surface area contributed by atoms with E-state index in [1.54, 1.807) is 18.2 Å². The van der Waals surface area contributed by atoms with Crippen molar-refractivity contribution in [2.24, 2.45) is 0 Å². The SMILES string of the molecule is CC(=O)c1nc2cccc(CC#N)c2o1. The molecule has 1 heterocycles. The van der Waals surface area contributed by atoms with Gasteiger partial charge in [-0.05, 0) is 6.07 Å². The molecule has 0 radical (unpaired) electrons. The highest BCUT2D eigenvalue weighted by atomic mass is 16.4. The molecule has 74 valence electrons. The number of hydrogen-bond donors (Lipinski definition) is 0. The summed E-state index contributed by atoms with van der Waals surface area (Å²) in [5.74, 6) is -0.121. The van der Waals surface area contributed by atoms with Crippen LogP contribution < -0.4 is 0 Å². The molecular weight excluding hydrogens is 192 g/mol. The highest BCUT2D eigenvalue weighted by molar-refractivity contribution is 5.92. The average molecular weight is 200 g/mol. The monoisotopic (exact) mass is 200 g/mol. The Labute approximate surface area is 86.1 Å². The summed E-state index contributed by atoms with van der Waals surface area (Å²) < 4.78 is 5.30. The molecule has 2 rings (SSSR count). The number of carbonyl (C=O) groups excluding carboxylic acids is 1. The predicted molar refractivity (Wildman–Crippen MR) is 53.3 cm³/mol. The topological polar surface area (TPSA) is 66.9 Å². The number of benzene rings is 1. The van der Waals surface area contributed by atoms with Gasteiger partial charge in [0, 0.05) is 12.5 Å². The second-order valence-electron chi connectivity index (χ2n) is 3.18. The first-order chi connectivity index (χ1) is 7.22. The van der Waals surface area contributed by atoms with Gasteiger partial charge in [-0.2, -0.15) is 5.26 Å². The number of carbonyl (C=O) groups is 1. The van der Waals surface area contributed by atoms with E-state index in [-0.39, 0.29) is 18.1 Å². The first-order valence-corrected chi connectivity index (χ1v) is 4.48. The normalized spacial score (nSPS) is 10.1. The van der Waals surface area contributed by atoms with Gasteiger partial charge in [0.25, 0.3) is 5.89 Å². The Balaban J connectivity index is 2.65. The first kappa shape index (κ1) is 9.41. The largest absolute Gasteiger partial charge is 0.433 e. The Kier molecular flexibility index (Phi) is 2.22. The molecule has 0 unspecified atom stereocenters. The summed E-state index contributed by atoms with van der Waals surface area (Å²) in [6.07, 6.45) is 0.254. The molecule has 0 saturated carbocycles. The molecule has 4 nitrogen and oxygen atoms in total. The van der Waals surface area contributed by atoms with Crippen LogP contribution in [-0.2, 0) is 6.42 Å². The lowest BCUT2D eigenvalue weighted by molar-refractivity contribution is 0.0983. The summed E-state index contributed by atoms with van der Waals surface area (Å²) in [5, 5.41) is 8.62. The van der Waals surface area contributed by atoms with Gasteiger partial charge in [0.2, 0.25) is 5.78 Å². The van der Waals surface area contributed by atoms with Gasteiger partial charge in [-0.1, -0.05) is 12.1 Å². The fourth-order valence-corrected chi connectivity index (χ4v) is 1.38. The summed E-state index contributed by atoms with van der Waals surface area (Å²) in [6.45, 7) is 1.40. The van der Waals surface area contributed by atoms with Crippen LogP contribution in [0, 0.1) is 11.3 Å². The molecule has 1 aromatic carbocycles. The van der Waals surface area contributed by atoms with Gasteiger partial charge in [-0.25, -0.2) is 4.98 Å². The van der Waals surface area contributed by atoms with E-state index in [4.69, 9.17) is 9.68 Å².